The molecule has 0 bridgehead atoms. The van der Waals surface area contributed by atoms with Gasteiger partial charge in [0, 0.05) is 12.1 Å². The summed E-state index contributed by atoms with van der Waals surface area (Å²) >= 11 is 0. The van der Waals surface area contributed by atoms with E-state index in [0.717, 1.165) is 31.2 Å². The maximum atomic E-state index is 9.94. The van der Waals surface area contributed by atoms with E-state index in [9.17, 15) is 5.11 Å². The van der Waals surface area contributed by atoms with Crippen molar-refractivity contribution in [1.82, 2.24) is 4.90 Å². The fraction of sp³-hybridized carbons (Fsp3) is 1.00. The molecule has 3 atom stereocenters. The monoisotopic (exact) mass is 239 g/mol. The van der Waals surface area contributed by atoms with Crippen molar-refractivity contribution in [2.24, 2.45) is 11.3 Å². The van der Waals surface area contributed by atoms with Gasteiger partial charge in [-0.15, -0.1) is 0 Å². The highest BCUT2D eigenvalue weighted by molar-refractivity contribution is 4.96. The molecule has 0 radical (unpaired) electrons. The highest BCUT2D eigenvalue weighted by atomic mass is 16.3. The second kappa shape index (κ2) is 4.89. The predicted octanol–water partition coefficient (Wildman–Crippen LogP) is 3.05. The average molecular weight is 239 g/mol. The van der Waals surface area contributed by atoms with Crippen molar-refractivity contribution >= 4 is 0 Å². The standard InChI is InChI=1S/C15H29NO/c1-5-13(11-6-7-11)16(4)14-10-12(17)8-9-15(14,2)3/h11-14,17H,5-10H2,1-4H3. The Labute approximate surface area is 106 Å². The van der Waals surface area contributed by atoms with E-state index in [1.165, 1.54) is 19.3 Å². The van der Waals surface area contributed by atoms with Crippen LogP contribution in [0.3, 0.4) is 0 Å². The second-order valence-electron chi connectivity index (χ2n) is 6.91. The summed E-state index contributed by atoms with van der Waals surface area (Å²) in [4.78, 5) is 2.60. The van der Waals surface area contributed by atoms with E-state index in [-0.39, 0.29) is 6.10 Å². The van der Waals surface area contributed by atoms with Gasteiger partial charge in [-0.05, 0) is 56.9 Å². The highest BCUT2D eigenvalue weighted by Crippen LogP contribution is 2.43. The van der Waals surface area contributed by atoms with Gasteiger partial charge in [0.05, 0.1) is 6.10 Å². The van der Waals surface area contributed by atoms with Crippen molar-refractivity contribution in [1.29, 1.82) is 0 Å². The third-order valence-corrected chi connectivity index (χ3v) is 5.12. The number of aliphatic hydroxyl groups is 1. The molecule has 100 valence electrons. The zero-order valence-corrected chi connectivity index (χ0v) is 11.9. The molecule has 2 fully saturated rings. The molecule has 0 aromatic rings. The van der Waals surface area contributed by atoms with Crippen LogP contribution in [0.2, 0.25) is 0 Å². The van der Waals surface area contributed by atoms with Gasteiger partial charge in [0.1, 0.15) is 0 Å². The van der Waals surface area contributed by atoms with Gasteiger partial charge >= 0.3 is 0 Å². The summed E-state index contributed by atoms with van der Waals surface area (Å²) in [6, 6.07) is 1.29. The van der Waals surface area contributed by atoms with Crippen molar-refractivity contribution in [3.63, 3.8) is 0 Å². The van der Waals surface area contributed by atoms with Crippen LogP contribution in [0.15, 0.2) is 0 Å². The molecule has 0 aromatic carbocycles. The average Bonchev–Trinajstić information content (AvgIpc) is 3.07. The normalized spacial score (nSPS) is 34.9. The van der Waals surface area contributed by atoms with Crippen molar-refractivity contribution in [3.8, 4) is 0 Å². The summed E-state index contributed by atoms with van der Waals surface area (Å²) in [5.74, 6) is 0.930. The van der Waals surface area contributed by atoms with Gasteiger partial charge in [0.15, 0.2) is 0 Å². The molecule has 17 heavy (non-hydrogen) atoms. The SMILES string of the molecule is CCC(C1CC1)N(C)C1CC(O)CCC1(C)C. The first-order valence-electron chi connectivity index (χ1n) is 7.35. The van der Waals surface area contributed by atoms with Crippen molar-refractivity contribution in [2.75, 3.05) is 7.05 Å². The minimum Gasteiger partial charge on any atom is -0.393 e. The van der Waals surface area contributed by atoms with Gasteiger partial charge in [0.25, 0.3) is 0 Å². The van der Waals surface area contributed by atoms with E-state index >= 15 is 0 Å². The third kappa shape index (κ3) is 2.85. The molecule has 0 aliphatic heterocycles. The Morgan fingerprint density at radius 1 is 1.29 bits per heavy atom. The Kier molecular flexibility index (Phi) is 3.84. The van der Waals surface area contributed by atoms with Crippen LogP contribution < -0.4 is 0 Å². The number of rotatable bonds is 4. The lowest BCUT2D eigenvalue weighted by molar-refractivity contribution is -0.0217. The van der Waals surface area contributed by atoms with Gasteiger partial charge in [-0.25, -0.2) is 0 Å². The van der Waals surface area contributed by atoms with Crippen molar-refractivity contribution in [3.05, 3.63) is 0 Å². The first-order valence-corrected chi connectivity index (χ1v) is 7.35. The summed E-state index contributed by atoms with van der Waals surface area (Å²) in [6.45, 7) is 7.06. The maximum Gasteiger partial charge on any atom is 0.0555 e. The summed E-state index contributed by atoms with van der Waals surface area (Å²) in [7, 11) is 2.29. The van der Waals surface area contributed by atoms with Crippen LogP contribution in [0, 0.1) is 11.3 Å². The molecular weight excluding hydrogens is 210 g/mol. The van der Waals surface area contributed by atoms with Gasteiger partial charge < -0.3 is 5.11 Å². The van der Waals surface area contributed by atoms with Crippen LogP contribution >= 0.6 is 0 Å². The van der Waals surface area contributed by atoms with Gasteiger partial charge in [-0.1, -0.05) is 20.8 Å². The van der Waals surface area contributed by atoms with E-state index in [2.05, 4.69) is 32.7 Å². The molecule has 0 aromatic heterocycles. The lowest BCUT2D eigenvalue weighted by atomic mass is 9.71. The van der Waals surface area contributed by atoms with E-state index in [4.69, 9.17) is 0 Å². The number of nitrogens with zero attached hydrogens (tertiary/aromatic N) is 1. The molecular formula is C15H29NO. The Morgan fingerprint density at radius 3 is 2.47 bits per heavy atom. The Morgan fingerprint density at radius 2 is 1.94 bits per heavy atom. The summed E-state index contributed by atoms with van der Waals surface area (Å²) in [5.41, 5.74) is 0.357. The Balaban J connectivity index is 2.06. The van der Waals surface area contributed by atoms with Crippen LogP contribution in [0.1, 0.15) is 59.3 Å². The van der Waals surface area contributed by atoms with Crippen LogP contribution in [0.4, 0.5) is 0 Å². The molecule has 2 aliphatic rings. The molecule has 2 heteroatoms. The first-order chi connectivity index (χ1) is 7.95. The Hall–Kier alpha value is -0.0800. The molecule has 1 N–H and O–H groups in total. The van der Waals surface area contributed by atoms with Crippen molar-refractivity contribution in [2.45, 2.75) is 77.5 Å². The van der Waals surface area contributed by atoms with Gasteiger partial charge in [-0.3, -0.25) is 4.90 Å². The summed E-state index contributed by atoms with van der Waals surface area (Å²) in [6.07, 6.45) is 7.11. The largest absolute Gasteiger partial charge is 0.393 e. The maximum absolute atomic E-state index is 9.94. The lowest BCUT2D eigenvalue weighted by Crippen LogP contribution is -2.52. The summed E-state index contributed by atoms with van der Waals surface area (Å²) < 4.78 is 0. The second-order valence-corrected chi connectivity index (χ2v) is 6.91. The molecule has 0 spiro atoms. The molecule has 0 heterocycles. The number of aliphatic hydroxyl groups excluding tert-OH is 1. The molecule has 3 unspecified atom stereocenters. The molecule has 0 amide bonds. The molecule has 2 aliphatic carbocycles. The van der Waals surface area contributed by atoms with Gasteiger partial charge in [0.2, 0.25) is 0 Å². The van der Waals surface area contributed by atoms with E-state index < -0.39 is 0 Å². The lowest BCUT2D eigenvalue weighted by Gasteiger charge is -2.48. The smallest absolute Gasteiger partial charge is 0.0555 e. The molecule has 2 saturated carbocycles. The zero-order chi connectivity index (χ0) is 12.6. The Bertz CT molecular complexity index is 260. The van der Waals surface area contributed by atoms with Crippen LogP contribution in [-0.2, 0) is 0 Å². The minimum atomic E-state index is -0.0767. The summed E-state index contributed by atoms with van der Waals surface area (Å²) in [5, 5.41) is 9.94. The van der Waals surface area contributed by atoms with Crippen LogP contribution in [0.5, 0.6) is 0 Å². The number of hydrogen-bond donors (Lipinski definition) is 1. The van der Waals surface area contributed by atoms with Crippen LogP contribution in [0.25, 0.3) is 0 Å². The highest BCUT2D eigenvalue weighted by Gasteiger charge is 2.43. The first kappa shape index (κ1) is 13.4. The molecule has 2 rings (SSSR count). The van der Waals surface area contributed by atoms with Gasteiger partial charge in [-0.2, -0.15) is 0 Å². The fourth-order valence-electron chi connectivity index (χ4n) is 3.78. The topological polar surface area (TPSA) is 23.5 Å². The van der Waals surface area contributed by atoms with Crippen molar-refractivity contribution < 1.29 is 5.11 Å². The minimum absolute atomic E-state index is 0.0767. The zero-order valence-electron chi connectivity index (χ0n) is 11.9. The van der Waals surface area contributed by atoms with E-state index in [1.807, 2.05) is 0 Å². The van der Waals surface area contributed by atoms with E-state index in [0.29, 0.717) is 11.5 Å². The molecule has 2 nitrogen and oxygen atoms in total. The van der Waals surface area contributed by atoms with Crippen LogP contribution in [-0.4, -0.2) is 35.2 Å². The molecule has 0 saturated heterocycles. The third-order valence-electron chi connectivity index (χ3n) is 5.12. The quantitative estimate of drug-likeness (QED) is 0.815. The number of hydrogen-bond acceptors (Lipinski definition) is 2. The predicted molar refractivity (Wildman–Crippen MR) is 72.0 cm³/mol. The fourth-order valence-corrected chi connectivity index (χ4v) is 3.78. The van der Waals surface area contributed by atoms with E-state index in [1.54, 1.807) is 0 Å².